The number of benzene rings is 1. The van der Waals surface area contributed by atoms with Gasteiger partial charge in [-0.05, 0) is 38.9 Å². The Labute approximate surface area is 148 Å². The fourth-order valence-electron chi connectivity index (χ4n) is 3.25. The lowest BCUT2D eigenvalue weighted by atomic mass is 10.0. The van der Waals surface area contributed by atoms with Crippen LogP contribution in [0.1, 0.15) is 30.3 Å². The van der Waals surface area contributed by atoms with Gasteiger partial charge in [0.2, 0.25) is 0 Å². The first kappa shape index (κ1) is 17.0. The highest BCUT2D eigenvalue weighted by molar-refractivity contribution is 6.29. The van der Waals surface area contributed by atoms with Gasteiger partial charge in [0.05, 0.1) is 13.2 Å². The topological polar surface area (TPSA) is 50.3 Å². The third kappa shape index (κ3) is 3.97. The van der Waals surface area contributed by atoms with Gasteiger partial charge in [0.25, 0.3) is 0 Å². The van der Waals surface area contributed by atoms with Crippen LogP contribution < -0.4 is 10.1 Å². The second-order valence-electron chi connectivity index (χ2n) is 6.00. The molecule has 1 saturated heterocycles. The van der Waals surface area contributed by atoms with Crippen molar-refractivity contribution < 1.29 is 4.74 Å². The molecule has 5 nitrogen and oxygen atoms in total. The van der Waals surface area contributed by atoms with E-state index in [0.717, 1.165) is 31.2 Å². The number of halogens is 1. The van der Waals surface area contributed by atoms with Crippen molar-refractivity contribution in [3.8, 4) is 5.75 Å². The standard InChI is InChI=1S/C18H23ClN4O/c1-13-21-17(19)11-18(22-13)20-12-15(23-9-5-6-10-23)14-7-3-4-8-16(14)24-2/h3-4,7-8,11,15H,5-6,9-10,12H2,1-2H3,(H,20,21,22). The van der Waals surface area contributed by atoms with Gasteiger partial charge in [-0.2, -0.15) is 0 Å². The second-order valence-corrected chi connectivity index (χ2v) is 6.39. The van der Waals surface area contributed by atoms with Gasteiger partial charge >= 0.3 is 0 Å². The number of anilines is 1. The van der Waals surface area contributed by atoms with E-state index in [1.54, 1.807) is 13.2 Å². The Balaban J connectivity index is 1.82. The van der Waals surface area contributed by atoms with Gasteiger partial charge in [0.1, 0.15) is 22.5 Å². The fourth-order valence-corrected chi connectivity index (χ4v) is 3.48. The Morgan fingerprint density at radius 2 is 2.00 bits per heavy atom. The van der Waals surface area contributed by atoms with Crippen LogP contribution in [0.4, 0.5) is 5.82 Å². The molecular weight excluding hydrogens is 324 g/mol. The van der Waals surface area contributed by atoms with Crippen LogP contribution in [-0.2, 0) is 0 Å². The lowest BCUT2D eigenvalue weighted by Crippen LogP contribution is -2.31. The summed E-state index contributed by atoms with van der Waals surface area (Å²) in [7, 11) is 1.72. The van der Waals surface area contributed by atoms with E-state index < -0.39 is 0 Å². The molecule has 1 atom stereocenters. The van der Waals surface area contributed by atoms with Crippen molar-refractivity contribution in [3.63, 3.8) is 0 Å². The van der Waals surface area contributed by atoms with Gasteiger partial charge in [-0.25, -0.2) is 9.97 Å². The first-order valence-electron chi connectivity index (χ1n) is 8.29. The maximum absolute atomic E-state index is 6.04. The number of para-hydroxylation sites is 1. The number of nitrogens with zero attached hydrogens (tertiary/aromatic N) is 3. The summed E-state index contributed by atoms with van der Waals surface area (Å²) < 4.78 is 5.57. The highest BCUT2D eigenvalue weighted by atomic mass is 35.5. The molecular formula is C18H23ClN4O. The molecule has 2 heterocycles. The predicted octanol–water partition coefficient (Wildman–Crippen LogP) is 3.70. The normalized spacial score (nSPS) is 16.1. The minimum Gasteiger partial charge on any atom is -0.496 e. The zero-order valence-corrected chi connectivity index (χ0v) is 14.9. The highest BCUT2D eigenvalue weighted by Crippen LogP contribution is 2.31. The largest absolute Gasteiger partial charge is 0.496 e. The number of hydrogen-bond acceptors (Lipinski definition) is 5. The monoisotopic (exact) mass is 346 g/mol. The number of likely N-dealkylation sites (tertiary alicyclic amines) is 1. The maximum Gasteiger partial charge on any atom is 0.134 e. The molecule has 0 spiro atoms. The Morgan fingerprint density at radius 1 is 1.25 bits per heavy atom. The number of ether oxygens (including phenoxy) is 1. The van der Waals surface area contributed by atoms with Gasteiger partial charge < -0.3 is 10.1 Å². The van der Waals surface area contributed by atoms with E-state index in [0.29, 0.717) is 11.0 Å². The van der Waals surface area contributed by atoms with Crippen LogP contribution >= 0.6 is 11.6 Å². The van der Waals surface area contributed by atoms with Crippen LogP contribution in [0.3, 0.4) is 0 Å². The van der Waals surface area contributed by atoms with Crippen LogP contribution in [0, 0.1) is 6.92 Å². The lowest BCUT2D eigenvalue weighted by Gasteiger charge is -2.29. The van der Waals surface area contributed by atoms with Gasteiger partial charge in [-0.1, -0.05) is 29.8 Å². The van der Waals surface area contributed by atoms with Gasteiger partial charge in [-0.15, -0.1) is 0 Å². The fraction of sp³-hybridized carbons (Fsp3) is 0.444. The third-order valence-electron chi connectivity index (χ3n) is 4.36. The van der Waals surface area contributed by atoms with Crippen LogP contribution in [0.15, 0.2) is 30.3 Å². The summed E-state index contributed by atoms with van der Waals surface area (Å²) in [5.41, 5.74) is 1.20. The number of hydrogen-bond donors (Lipinski definition) is 1. The molecule has 0 radical (unpaired) electrons. The zero-order chi connectivity index (χ0) is 16.9. The summed E-state index contributed by atoms with van der Waals surface area (Å²) in [5.74, 6) is 2.35. The van der Waals surface area contributed by atoms with Gasteiger partial charge in [-0.3, -0.25) is 4.90 Å². The van der Waals surface area contributed by atoms with Crippen LogP contribution in [0.25, 0.3) is 0 Å². The summed E-state index contributed by atoms with van der Waals surface area (Å²) in [6, 6.07) is 10.2. The van der Waals surface area contributed by atoms with E-state index in [9.17, 15) is 0 Å². The van der Waals surface area contributed by atoms with Crippen molar-refractivity contribution in [2.24, 2.45) is 0 Å². The number of rotatable bonds is 6. The summed E-state index contributed by atoms with van der Waals surface area (Å²) in [6.45, 7) is 4.80. The second kappa shape index (κ2) is 7.81. The lowest BCUT2D eigenvalue weighted by molar-refractivity contribution is 0.249. The molecule has 1 aromatic heterocycles. The average Bonchev–Trinajstić information content (AvgIpc) is 3.09. The smallest absolute Gasteiger partial charge is 0.134 e. The van der Waals surface area contributed by atoms with Crippen molar-refractivity contribution in [2.45, 2.75) is 25.8 Å². The molecule has 24 heavy (non-hydrogen) atoms. The van der Waals surface area contributed by atoms with E-state index >= 15 is 0 Å². The molecule has 0 aliphatic carbocycles. The summed E-state index contributed by atoms with van der Waals surface area (Å²) >= 11 is 6.04. The molecule has 128 valence electrons. The molecule has 1 fully saturated rings. The molecule has 1 aliphatic rings. The van der Waals surface area contributed by atoms with Crippen molar-refractivity contribution in [1.82, 2.24) is 14.9 Å². The van der Waals surface area contributed by atoms with E-state index in [1.165, 1.54) is 18.4 Å². The Hall–Kier alpha value is -1.85. The maximum atomic E-state index is 6.04. The summed E-state index contributed by atoms with van der Waals surface area (Å²) in [5, 5.41) is 3.88. The molecule has 3 rings (SSSR count). The predicted molar refractivity (Wildman–Crippen MR) is 96.8 cm³/mol. The van der Waals surface area contributed by atoms with Crippen molar-refractivity contribution in [3.05, 3.63) is 46.9 Å². The zero-order valence-electron chi connectivity index (χ0n) is 14.1. The molecule has 0 amide bonds. The quantitative estimate of drug-likeness (QED) is 0.808. The van der Waals surface area contributed by atoms with Crippen molar-refractivity contribution in [1.29, 1.82) is 0 Å². The van der Waals surface area contributed by atoms with Crippen LogP contribution in [0.2, 0.25) is 5.15 Å². The average molecular weight is 347 g/mol. The molecule has 1 aromatic carbocycles. The first-order chi connectivity index (χ1) is 11.7. The number of nitrogens with one attached hydrogen (secondary N) is 1. The Kier molecular flexibility index (Phi) is 5.53. The van der Waals surface area contributed by atoms with Crippen molar-refractivity contribution >= 4 is 17.4 Å². The SMILES string of the molecule is COc1ccccc1C(CNc1cc(Cl)nc(C)n1)N1CCCC1. The molecule has 1 aliphatic heterocycles. The summed E-state index contributed by atoms with van der Waals surface area (Å²) in [6.07, 6.45) is 2.48. The Bertz CT molecular complexity index is 668. The van der Waals surface area contributed by atoms with Crippen LogP contribution in [0.5, 0.6) is 5.75 Å². The van der Waals surface area contributed by atoms with E-state index in [2.05, 4.69) is 32.3 Å². The minimum atomic E-state index is 0.234. The molecule has 1 unspecified atom stereocenters. The highest BCUT2D eigenvalue weighted by Gasteiger charge is 2.25. The molecule has 1 N–H and O–H groups in total. The number of aromatic nitrogens is 2. The Morgan fingerprint density at radius 3 is 2.71 bits per heavy atom. The molecule has 6 heteroatoms. The van der Waals surface area contributed by atoms with E-state index in [4.69, 9.17) is 16.3 Å². The first-order valence-corrected chi connectivity index (χ1v) is 8.67. The minimum absolute atomic E-state index is 0.234. The number of aryl methyl sites for hydroxylation is 1. The number of methoxy groups -OCH3 is 1. The van der Waals surface area contributed by atoms with Crippen LogP contribution in [-0.4, -0.2) is 41.6 Å². The van der Waals surface area contributed by atoms with Crippen molar-refractivity contribution in [2.75, 3.05) is 32.1 Å². The molecule has 0 bridgehead atoms. The molecule has 0 saturated carbocycles. The third-order valence-corrected chi connectivity index (χ3v) is 4.56. The van der Waals surface area contributed by atoms with Gasteiger partial charge in [0, 0.05) is 18.2 Å². The van der Waals surface area contributed by atoms with E-state index in [1.807, 2.05) is 19.1 Å². The van der Waals surface area contributed by atoms with E-state index in [-0.39, 0.29) is 6.04 Å². The van der Waals surface area contributed by atoms with Gasteiger partial charge in [0.15, 0.2) is 0 Å². The molecule has 2 aromatic rings. The summed E-state index contributed by atoms with van der Waals surface area (Å²) in [4.78, 5) is 11.0.